The Labute approximate surface area is 358 Å². The van der Waals surface area contributed by atoms with Crippen LogP contribution in [0.2, 0.25) is 42.3 Å². The summed E-state index contributed by atoms with van der Waals surface area (Å²) < 4.78 is 106. The molecule has 0 aromatic carbocycles. The molecule has 7 saturated heterocycles. The lowest BCUT2D eigenvalue weighted by Gasteiger charge is -2.63. The predicted octanol–water partition coefficient (Wildman–Crippen LogP) is 8.83. The van der Waals surface area contributed by atoms with Crippen LogP contribution in [-0.4, -0.2) is 89.5 Å². The zero-order chi connectivity index (χ0) is 42.2. The van der Waals surface area contributed by atoms with E-state index in [0.717, 1.165) is 25.7 Å². The molecule has 0 unspecified atom stereocenters. The van der Waals surface area contributed by atoms with Crippen molar-refractivity contribution in [2.45, 2.75) is 177 Å². The van der Waals surface area contributed by atoms with Crippen LogP contribution in [-0.2, 0) is 58.5 Å². The van der Waals surface area contributed by atoms with Gasteiger partial charge in [0.1, 0.15) is 0 Å². The maximum atomic E-state index is 7.79. The third-order valence-corrected chi connectivity index (χ3v) is 50.1. The van der Waals surface area contributed by atoms with Crippen LogP contribution in [0.5, 0.6) is 0 Å². The van der Waals surface area contributed by atoms with Gasteiger partial charge in [-0.3, -0.25) is 0 Å². The third-order valence-electron chi connectivity index (χ3n) is 11.2. The zero-order valence-corrected chi connectivity index (χ0v) is 46.0. The highest BCUT2D eigenvalue weighted by atomic mass is 28.6. The van der Waals surface area contributed by atoms with Crippen LogP contribution in [0.4, 0.5) is 0 Å². The second-order valence-corrected chi connectivity index (χ2v) is 44.7. The van der Waals surface area contributed by atoms with E-state index >= 15 is 0 Å². The standard InChI is InChI=1S/C36H76O14Si8/c1-27(2)20-51-39-52(21-28(3)4)42-55(24-31(9)10)44-53(40-51,22-29(5)6)46-57(26-33(13)14)47-54(41-51,23-30(7)8)45-56(43-52,25-32(11)12)49-58(48-55,50-57)37-18-17-34-15-16-35-36(19-34)38-35/h27-36H,15-26H2,1-14H3/t34-,35-,36-,51?,52?,53?,54?,55?,56?,57?,58?/m0/s1. The fourth-order valence-corrected chi connectivity index (χ4v) is 59.5. The van der Waals surface area contributed by atoms with Crippen LogP contribution in [0.15, 0.2) is 0 Å². The molecule has 8 rings (SSSR count). The van der Waals surface area contributed by atoms with Crippen molar-refractivity contribution in [2.24, 2.45) is 47.3 Å². The first-order valence-electron chi connectivity index (χ1n) is 22.7. The van der Waals surface area contributed by atoms with E-state index in [2.05, 4.69) is 96.9 Å². The fourth-order valence-electron chi connectivity index (χ4n) is 9.77. The quantitative estimate of drug-likeness (QED) is 0.0958. The van der Waals surface area contributed by atoms with Gasteiger partial charge in [-0.05, 0) is 73.0 Å². The molecule has 0 N–H and O–H groups in total. The molecule has 7 aliphatic heterocycles. The maximum absolute atomic E-state index is 7.79. The average molecular weight is 958 g/mol. The van der Waals surface area contributed by atoms with Crippen molar-refractivity contribution in [3.8, 4) is 0 Å². The Bertz CT molecular complexity index is 1290. The molecule has 8 bridgehead atoms. The summed E-state index contributed by atoms with van der Waals surface area (Å²) in [5.74, 6) is 1.19. The van der Waals surface area contributed by atoms with Crippen LogP contribution in [0, 0.1) is 47.3 Å². The van der Waals surface area contributed by atoms with E-state index < -0.39 is 70.7 Å². The van der Waals surface area contributed by atoms with Crippen LogP contribution < -0.4 is 0 Å². The highest BCUT2D eigenvalue weighted by molar-refractivity contribution is 7.02. The second-order valence-electron chi connectivity index (χ2n) is 21.2. The molecular formula is C36H76O14Si8. The lowest BCUT2D eigenvalue weighted by molar-refractivity contribution is -0.0628. The summed E-state index contributed by atoms with van der Waals surface area (Å²) in [6.45, 7) is 30.6. The Kier molecular flexibility index (Phi) is 14.0. The molecule has 0 spiro atoms. The van der Waals surface area contributed by atoms with Gasteiger partial charge in [0.15, 0.2) is 0 Å². The van der Waals surface area contributed by atoms with E-state index in [1.54, 1.807) is 0 Å². The molecule has 0 aromatic rings. The van der Waals surface area contributed by atoms with Crippen molar-refractivity contribution in [3.05, 3.63) is 0 Å². The topological polar surface area (TPSA) is 133 Å². The number of rotatable bonds is 18. The monoisotopic (exact) mass is 956 g/mol. The lowest BCUT2D eigenvalue weighted by Crippen LogP contribution is -2.89. The molecule has 336 valence electrons. The third kappa shape index (κ3) is 10.6. The summed E-state index contributed by atoms with van der Waals surface area (Å²) in [5, 5.41) is 0. The first kappa shape index (κ1) is 47.1. The smallest absolute Gasteiger partial charge is 0.373 e. The van der Waals surface area contributed by atoms with Crippen molar-refractivity contribution in [3.63, 3.8) is 0 Å². The van der Waals surface area contributed by atoms with Gasteiger partial charge in [0.25, 0.3) is 0 Å². The van der Waals surface area contributed by atoms with E-state index in [4.69, 9.17) is 58.5 Å². The Morgan fingerprint density at radius 3 is 0.914 bits per heavy atom. The van der Waals surface area contributed by atoms with Crippen molar-refractivity contribution in [1.29, 1.82) is 0 Å². The fraction of sp³-hybridized carbons (Fsp3) is 1.00. The van der Waals surface area contributed by atoms with Gasteiger partial charge in [0.2, 0.25) is 0 Å². The first-order chi connectivity index (χ1) is 26.9. The van der Waals surface area contributed by atoms with E-state index in [1.807, 2.05) is 0 Å². The molecule has 0 amide bonds. The molecular weight excluding hydrogens is 881 g/mol. The Morgan fingerprint density at radius 2 is 0.655 bits per heavy atom. The minimum Gasteiger partial charge on any atom is -0.373 e. The number of ether oxygens (including phenoxy) is 1. The normalized spacial score (nSPS) is 44.7. The van der Waals surface area contributed by atoms with Crippen molar-refractivity contribution >= 4 is 70.7 Å². The van der Waals surface area contributed by atoms with E-state index in [9.17, 15) is 0 Å². The molecule has 14 nitrogen and oxygen atoms in total. The van der Waals surface area contributed by atoms with Crippen LogP contribution in [0.25, 0.3) is 0 Å². The van der Waals surface area contributed by atoms with Gasteiger partial charge in [0, 0.05) is 48.9 Å². The SMILES string of the molecule is CC(C)C[Si]12O[Si]3(CC(C)C)O[Si]4(CC(C)C)O[Si](CC(C)C)(O1)O[Si]1(CC(C)C)O[Si](CC(C)C)(O2)O[Si](CC(C)C)(O3)O[Si](OCC[C@@H]2CC[C@@H]3O[C@H]3C2)(O4)O1. The molecule has 0 aromatic heterocycles. The highest BCUT2D eigenvalue weighted by Gasteiger charge is 2.84. The molecule has 8 fully saturated rings. The average Bonchev–Trinajstić information content (AvgIpc) is 3.73. The Hall–Kier alpha value is 1.18. The van der Waals surface area contributed by atoms with E-state index in [-0.39, 0.29) is 41.4 Å². The molecule has 22 heteroatoms. The summed E-state index contributed by atoms with van der Waals surface area (Å²) in [5.41, 5.74) is 0. The predicted molar refractivity (Wildman–Crippen MR) is 233 cm³/mol. The number of epoxide rings is 1. The van der Waals surface area contributed by atoms with Gasteiger partial charge < -0.3 is 58.5 Å². The van der Waals surface area contributed by atoms with Crippen LogP contribution >= 0.6 is 0 Å². The number of hydrogen-bond acceptors (Lipinski definition) is 14. The summed E-state index contributed by atoms with van der Waals surface area (Å²) >= 11 is 0. The summed E-state index contributed by atoms with van der Waals surface area (Å²) in [4.78, 5) is 0. The Morgan fingerprint density at radius 1 is 0.379 bits per heavy atom. The van der Waals surface area contributed by atoms with Crippen molar-refractivity contribution in [1.82, 2.24) is 0 Å². The Balaban J connectivity index is 1.50. The minimum absolute atomic E-state index is 0.0885. The van der Waals surface area contributed by atoms with Gasteiger partial charge in [0.05, 0.1) is 12.2 Å². The molecule has 1 saturated carbocycles. The summed E-state index contributed by atoms with van der Waals surface area (Å²) in [6, 6.07) is 3.21. The highest BCUT2D eigenvalue weighted by Crippen LogP contribution is 2.55. The number of hydrogen-bond donors (Lipinski definition) is 0. The molecule has 1 aliphatic carbocycles. The van der Waals surface area contributed by atoms with Crippen LogP contribution in [0.1, 0.15) is 123 Å². The van der Waals surface area contributed by atoms with Crippen LogP contribution in [0.3, 0.4) is 0 Å². The second kappa shape index (κ2) is 17.2. The van der Waals surface area contributed by atoms with Gasteiger partial charge in [-0.15, -0.1) is 0 Å². The van der Waals surface area contributed by atoms with Gasteiger partial charge in [-0.25, -0.2) is 0 Å². The van der Waals surface area contributed by atoms with Crippen molar-refractivity contribution < 1.29 is 58.5 Å². The molecule has 0 radical (unpaired) electrons. The molecule has 3 atom stereocenters. The molecule has 7 heterocycles. The molecule has 58 heavy (non-hydrogen) atoms. The van der Waals surface area contributed by atoms with E-state index in [1.165, 1.54) is 0 Å². The summed E-state index contributed by atoms with van der Waals surface area (Å²) in [6.07, 6.45) is 4.80. The van der Waals surface area contributed by atoms with Gasteiger partial charge >= 0.3 is 70.7 Å². The zero-order valence-electron chi connectivity index (χ0n) is 38.0. The molecule has 8 aliphatic rings. The van der Waals surface area contributed by atoms with Gasteiger partial charge in [-0.2, -0.15) is 0 Å². The van der Waals surface area contributed by atoms with E-state index in [0.29, 0.717) is 67.0 Å². The van der Waals surface area contributed by atoms with Gasteiger partial charge in [-0.1, -0.05) is 96.9 Å². The lowest BCUT2D eigenvalue weighted by atomic mass is 9.87. The summed E-state index contributed by atoms with van der Waals surface area (Å²) in [7, 11) is -32.2. The largest absolute Gasteiger partial charge is 0.657 e. The first-order valence-corrected chi connectivity index (χ1v) is 37.8. The maximum Gasteiger partial charge on any atom is 0.657 e. The van der Waals surface area contributed by atoms with Crippen molar-refractivity contribution in [2.75, 3.05) is 6.61 Å². The minimum atomic E-state index is -4.41. The number of fused-ring (bicyclic) bond motifs is 1.